The summed E-state index contributed by atoms with van der Waals surface area (Å²) >= 11 is 0. The van der Waals surface area contributed by atoms with E-state index in [0.717, 1.165) is 11.8 Å². The van der Waals surface area contributed by atoms with Crippen molar-refractivity contribution in [1.29, 1.82) is 0 Å². The molecular weight excluding hydrogens is 370 g/mol. The van der Waals surface area contributed by atoms with Gasteiger partial charge in [-0.1, -0.05) is 36.3 Å². The first-order valence-electron chi connectivity index (χ1n) is 9.27. The molecule has 0 aliphatic carbocycles. The molecule has 0 fully saturated rings. The largest absolute Gasteiger partial charge is 0.502 e. The number of aromatic nitrogens is 2. The minimum atomic E-state index is -0.674. The lowest BCUT2D eigenvalue weighted by atomic mass is 9.96. The van der Waals surface area contributed by atoms with Gasteiger partial charge in [-0.3, -0.25) is 9.59 Å². The number of nitrogens with zero attached hydrogens (tertiary/aromatic N) is 4. The van der Waals surface area contributed by atoms with Crippen molar-refractivity contribution >= 4 is 5.91 Å². The Labute approximate surface area is 168 Å². The molecular formula is C21H21N5O3. The third kappa shape index (κ3) is 3.26. The maximum absolute atomic E-state index is 12.7. The lowest BCUT2D eigenvalue weighted by Gasteiger charge is -2.41. The summed E-state index contributed by atoms with van der Waals surface area (Å²) in [7, 11) is 1.65. The fourth-order valence-electron chi connectivity index (χ4n) is 3.82. The maximum Gasteiger partial charge on any atom is 0.275 e. The first-order valence-corrected chi connectivity index (χ1v) is 9.27. The maximum atomic E-state index is 12.7. The topological polar surface area (TPSA) is 90.7 Å². The van der Waals surface area contributed by atoms with Gasteiger partial charge in [0.05, 0.1) is 18.3 Å². The second-order valence-electron chi connectivity index (χ2n) is 7.01. The number of aromatic hydroxyl groups is 1. The number of hydrogen-bond acceptors (Lipinski definition) is 6. The molecule has 0 radical (unpaired) electrons. The molecule has 4 rings (SSSR count). The Hall–Kier alpha value is -3.57. The van der Waals surface area contributed by atoms with Crippen LogP contribution in [0.25, 0.3) is 0 Å². The van der Waals surface area contributed by atoms with E-state index in [1.54, 1.807) is 14.0 Å². The zero-order valence-corrected chi connectivity index (χ0v) is 16.1. The lowest BCUT2D eigenvalue weighted by Crippen LogP contribution is -2.49. The minimum Gasteiger partial charge on any atom is -0.502 e. The number of carbonyl (C=O) groups excluding carboxylic acids is 1. The Kier molecular flexibility index (Phi) is 4.82. The molecule has 1 aromatic heterocycles. The van der Waals surface area contributed by atoms with Crippen LogP contribution < -0.4 is 10.9 Å². The number of benzene rings is 1. The Morgan fingerprint density at radius 3 is 2.76 bits per heavy atom. The molecule has 148 valence electrons. The summed E-state index contributed by atoms with van der Waals surface area (Å²) < 4.78 is 1.46. The van der Waals surface area contributed by atoms with E-state index in [4.69, 9.17) is 0 Å². The molecule has 3 heterocycles. The summed E-state index contributed by atoms with van der Waals surface area (Å²) in [6, 6.07) is 9.08. The fourth-order valence-corrected chi connectivity index (χ4v) is 3.82. The van der Waals surface area contributed by atoms with Crippen molar-refractivity contribution in [3.8, 4) is 17.6 Å². The average Bonchev–Trinajstić information content (AvgIpc) is 3.17. The number of carbonyl (C=O) groups is 1. The van der Waals surface area contributed by atoms with Gasteiger partial charge in [0.15, 0.2) is 11.4 Å². The molecule has 1 aromatic carbocycles. The number of hydrazine groups is 1. The van der Waals surface area contributed by atoms with Crippen molar-refractivity contribution in [2.24, 2.45) is 0 Å². The van der Waals surface area contributed by atoms with Crippen LogP contribution in [-0.2, 0) is 0 Å². The van der Waals surface area contributed by atoms with Crippen LogP contribution in [0.3, 0.4) is 0 Å². The van der Waals surface area contributed by atoms with Crippen molar-refractivity contribution < 1.29 is 9.90 Å². The first-order chi connectivity index (χ1) is 14.0. The van der Waals surface area contributed by atoms with Crippen LogP contribution in [0.5, 0.6) is 5.75 Å². The van der Waals surface area contributed by atoms with E-state index < -0.39 is 17.1 Å². The van der Waals surface area contributed by atoms with E-state index in [0.29, 0.717) is 6.54 Å². The summed E-state index contributed by atoms with van der Waals surface area (Å²) in [5.41, 5.74) is 3.58. The second kappa shape index (κ2) is 7.45. The van der Waals surface area contributed by atoms with Gasteiger partial charge in [-0.15, -0.1) is 5.92 Å². The van der Waals surface area contributed by atoms with Crippen molar-refractivity contribution in [2.45, 2.75) is 25.0 Å². The minimum absolute atomic E-state index is 0.0924. The summed E-state index contributed by atoms with van der Waals surface area (Å²) in [6.07, 6.45) is 4.93. The fraction of sp³-hybridized carbons (Fsp3) is 0.286. The molecule has 1 amide bonds. The van der Waals surface area contributed by atoms with Crippen molar-refractivity contribution in [3.63, 3.8) is 0 Å². The molecule has 2 aliphatic heterocycles. The third-order valence-electron chi connectivity index (χ3n) is 5.14. The van der Waals surface area contributed by atoms with Crippen molar-refractivity contribution in [1.82, 2.24) is 25.1 Å². The highest BCUT2D eigenvalue weighted by Crippen LogP contribution is 2.37. The van der Waals surface area contributed by atoms with Gasteiger partial charge in [0, 0.05) is 19.8 Å². The van der Waals surface area contributed by atoms with Crippen LogP contribution in [0.4, 0.5) is 0 Å². The number of fused-ring (bicyclic) bond motifs is 1. The highest BCUT2D eigenvalue weighted by Gasteiger charge is 2.40. The molecule has 0 bridgehead atoms. The van der Waals surface area contributed by atoms with Gasteiger partial charge in [-0.2, -0.15) is 5.10 Å². The zero-order valence-electron chi connectivity index (χ0n) is 16.1. The number of rotatable bonds is 3. The molecule has 0 saturated heterocycles. The molecule has 3 atom stereocenters. The smallest absolute Gasteiger partial charge is 0.275 e. The summed E-state index contributed by atoms with van der Waals surface area (Å²) in [5, 5.41) is 16.4. The quantitative estimate of drug-likeness (QED) is 0.760. The van der Waals surface area contributed by atoms with Crippen LogP contribution in [0.2, 0.25) is 0 Å². The van der Waals surface area contributed by atoms with Crippen LogP contribution >= 0.6 is 0 Å². The standard InChI is InChI=1S/C21H21N5O3/c1-3-7-15-10-11-25(23-15)18(14-8-5-4-6-9-14)16-13-24(2)21(29)19-20(28)17(27)12-22-26(16)19/h4-6,8-12,15-16,18,23,28H,13H2,1-2H3. The SMILES string of the molecule is CC#CC1C=CN(C(c2ccccc2)C2CN(C)C(=O)c3c(O)c(=O)cnn32)N1. The van der Waals surface area contributed by atoms with Gasteiger partial charge in [0.2, 0.25) is 5.43 Å². The lowest BCUT2D eigenvalue weighted by molar-refractivity contribution is 0.0580. The highest BCUT2D eigenvalue weighted by molar-refractivity contribution is 5.95. The third-order valence-corrected chi connectivity index (χ3v) is 5.14. The van der Waals surface area contributed by atoms with Gasteiger partial charge >= 0.3 is 0 Å². The molecule has 3 unspecified atom stereocenters. The van der Waals surface area contributed by atoms with Crippen molar-refractivity contribution in [2.75, 3.05) is 13.6 Å². The van der Waals surface area contributed by atoms with Crippen LogP contribution in [0.15, 0.2) is 53.6 Å². The summed E-state index contributed by atoms with van der Waals surface area (Å²) in [5.74, 6) is 4.97. The Bertz CT molecular complexity index is 1080. The molecule has 29 heavy (non-hydrogen) atoms. The van der Waals surface area contributed by atoms with Gasteiger partial charge in [0.1, 0.15) is 6.04 Å². The Morgan fingerprint density at radius 2 is 2.03 bits per heavy atom. The molecule has 2 aliphatic rings. The Morgan fingerprint density at radius 1 is 1.28 bits per heavy atom. The predicted octanol–water partition coefficient (Wildman–Crippen LogP) is 1.04. The average molecular weight is 391 g/mol. The van der Waals surface area contributed by atoms with Gasteiger partial charge in [0.25, 0.3) is 5.91 Å². The first kappa shape index (κ1) is 18.8. The zero-order chi connectivity index (χ0) is 20.5. The molecule has 0 saturated carbocycles. The second-order valence-corrected chi connectivity index (χ2v) is 7.01. The van der Waals surface area contributed by atoms with E-state index >= 15 is 0 Å². The van der Waals surface area contributed by atoms with E-state index in [9.17, 15) is 14.7 Å². The number of amides is 1. The number of nitrogens with one attached hydrogen (secondary N) is 1. The van der Waals surface area contributed by atoms with E-state index in [2.05, 4.69) is 22.4 Å². The van der Waals surface area contributed by atoms with E-state index in [1.165, 1.54) is 9.58 Å². The predicted molar refractivity (Wildman–Crippen MR) is 107 cm³/mol. The normalized spacial score (nSPS) is 21.5. The highest BCUT2D eigenvalue weighted by atomic mass is 16.3. The molecule has 2 N–H and O–H groups in total. The number of likely N-dealkylation sites (N-methyl/N-ethyl adjacent to an activating group) is 1. The van der Waals surface area contributed by atoms with E-state index in [1.807, 2.05) is 47.6 Å². The Balaban J connectivity index is 1.84. The van der Waals surface area contributed by atoms with Crippen LogP contribution in [0, 0.1) is 11.8 Å². The molecule has 2 aromatic rings. The van der Waals surface area contributed by atoms with Crippen molar-refractivity contribution in [3.05, 3.63) is 70.3 Å². The molecule has 8 heteroatoms. The summed E-state index contributed by atoms with van der Waals surface area (Å²) in [6.45, 7) is 2.14. The molecule has 0 spiro atoms. The number of hydrogen-bond donors (Lipinski definition) is 2. The van der Waals surface area contributed by atoms with Gasteiger partial charge < -0.3 is 15.0 Å². The van der Waals surface area contributed by atoms with Gasteiger partial charge in [-0.05, 0) is 18.6 Å². The molecule has 8 nitrogen and oxygen atoms in total. The monoisotopic (exact) mass is 391 g/mol. The van der Waals surface area contributed by atoms with Gasteiger partial charge in [-0.25, -0.2) is 10.1 Å². The summed E-state index contributed by atoms with van der Waals surface area (Å²) in [4.78, 5) is 26.1. The van der Waals surface area contributed by atoms with Crippen LogP contribution in [0.1, 0.15) is 35.1 Å². The van der Waals surface area contributed by atoms with E-state index in [-0.39, 0.29) is 23.8 Å². The van der Waals surface area contributed by atoms with Crippen LogP contribution in [-0.4, -0.2) is 50.3 Å².